The van der Waals surface area contributed by atoms with Crippen molar-refractivity contribution in [1.82, 2.24) is 4.98 Å². The van der Waals surface area contributed by atoms with Gasteiger partial charge in [-0.1, -0.05) is 12.1 Å². The number of thiazole rings is 1. The van der Waals surface area contributed by atoms with Crippen molar-refractivity contribution in [1.29, 1.82) is 0 Å². The van der Waals surface area contributed by atoms with E-state index in [-0.39, 0.29) is 16.3 Å². The lowest BCUT2D eigenvalue weighted by Crippen LogP contribution is -2.13. The summed E-state index contributed by atoms with van der Waals surface area (Å²) < 4.78 is 5.17. The summed E-state index contributed by atoms with van der Waals surface area (Å²) in [4.78, 5) is 37.7. The van der Waals surface area contributed by atoms with Gasteiger partial charge in [0.1, 0.15) is 11.3 Å². The number of hydrogen-bond donors (Lipinski definition) is 1. The summed E-state index contributed by atoms with van der Waals surface area (Å²) in [6, 6.07) is 9.22. The molecule has 0 radical (unpaired) electrons. The summed E-state index contributed by atoms with van der Waals surface area (Å²) in [6.07, 6.45) is 0. The fourth-order valence-electron chi connectivity index (χ4n) is 2.61. The Labute approximate surface area is 168 Å². The van der Waals surface area contributed by atoms with Gasteiger partial charge in [-0.25, -0.2) is 4.98 Å². The molecule has 0 bridgehead atoms. The molecule has 3 rings (SSSR count). The number of hydrogen-bond acceptors (Lipinski definition) is 8. The van der Waals surface area contributed by atoms with Gasteiger partial charge in [-0.2, -0.15) is 0 Å². The number of rotatable bonds is 6. The summed E-state index contributed by atoms with van der Waals surface area (Å²) >= 11 is 1.15. The van der Waals surface area contributed by atoms with Crippen molar-refractivity contribution in [2.75, 3.05) is 12.4 Å². The minimum atomic E-state index is -0.761. The molecule has 1 amide bonds. The van der Waals surface area contributed by atoms with Crippen LogP contribution in [0.25, 0.3) is 11.3 Å². The third-order valence-electron chi connectivity index (χ3n) is 4.10. The van der Waals surface area contributed by atoms with Crippen LogP contribution in [0.5, 0.6) is 5.75 Å². The quantitative estimate of drug-likeness (QED) is 0.471. The standard InChI is InChI=1S/C18H14N4O6S/c1-10-15(21(24)25)7-12(8-16(10)22(26)27)17(23)20-18-19-14(9-29-18)11-4-3-5-13(6-11)28-2/h3-9H,1-2H3,(H,19,20,23). The van der Waals surface area contributed by atoms with Crippen molar-refractivity contribution in [2.45, 2.75) is 6.92 Å². The van der Waals surface area contributed by atoms with Crippen LogP contribution in [0.15, 0.2) is 41.8 Å². The average Bonchev–Trinajstić information content (AvgIpc) is 3.16. The molecule has 0 saturated carbocycles. The highest BCUT2D eigenvalue weighted by Crippen LogP contribution is 2.31. The summed E-state index contributed by atoms with van der Waals surface area (Å²) in [7, 11) is 1.55. The van der Waals surface area contributed by atoms with Gasteiger partial charge in [-0.05, 0) is 19.1 Å². The first kappa shape index (κ1) is 19.9. The average molecular weight is 414 g/mol. The summed E-state index contributed by atoms with van der Waals surface area (Å²) in [5, 5.41) is 26.8. The lowest BCUT2D eigenvalue weighted by atomic mass is 10.1. The van der Waals surface area contributed by atoms with Crippen LogP contribution in [0.4, 0.5) is 16.5 Å². The van der Waals surface area contributed by atoms with E-state index in [4.69, 9.17) is 4.74 Å². The van der Waals surface area contributed by atoms with E-state index >= 15 is 0 Å². The third kappa shape index (κ3) is 4.19. The van der Waals surface area contributed by atoms with Crippen LogP contribution in [0.2, 0.25) is 0 Å². The Balaban J connectivity index is 1.88. The molecule has 1 heterocycles. The lowest BCUT2D eigenvalue weighted by molar-refractivity contribution is -0.395. The summed E-state index contributed by atoms with van der Waals surface area (Å²) in [5.74, 6) is -0.0805. The number of ether oxygens (including phenoxy) is 1. The largest absolute Gasteiger partial charge is 0.497 e. The maximum Gasteiger partial charge on any atom is 0.279 e. The number of methoxy groups -OCH3 is 1. The minimum absolute atomic E-state index is 0.119. The number of carbonyl (C=O) groups is 1. The zero-order valence-corrected chi connectivity index (χ0v) is 16.1. The molecule has 1 N–H and O–H groups in total. The molecule has 0 aliphatic rings. The number of nitrogens with one attached hydrogen (secondary N) is 1. The fraction of sp³-hybridized carbons (Fsp3) is 0.111. The van der Waals surface area contributed by atoms with Crippen molar-refractivity contribution in [3.8, 4) is 17.0 Å². The Hall–Kier alpha value is -3.86. The molecule has 10 nitrogen and oxygen atoms in total. The number of nitrogens with zero attached hydrogens (tertiary/aromatic N) is 3. The van der Waals surface area contributed by atoms with Crippen LogP contribution >= 0.6 is 11.3 Å². The zero-order chi connectivity index (χ0) is 21.1. The van der Waals surface area contributed by atoms with Gasteiger partial charge >= 0.3 is 0 Å². The zero-order valence-electron chi connectivity index (χ0n) is 15.2. The second-order valence-electron chi connectivity index (χ2n) is 5.88. The van der Waals surface area contributed by atoms with Crippen LogP contribution in [-0.4, -0.2) is 27.8 Å². The SMILES string of the molecule is COc1cccc(-c2csc(NC(=O)c3cc([N+](=O)[O-])c(C)c([N+](=O)[O-])c3)n2)c1. The predicted octanol–water partition coefficient (Wildman–Crippen LogP) is 4.20. The molecule has 0 fully saturated rings. The highest BCUT2D eigenvalue weighted by molar-refractivity contribution is 7.14. The molecule has 0 atom stereocenters. The second-order valence-corrected chi connectivity index (χ2v) is 6.74. The van der Waals surface area contributed by atoms with Gasteiger partial charge in [0, 0.05) is 23.1 Å². The number of carbonyl (C=O) groups excluding carboxylic acids is 1. The van der Waals surface area contributed by atoms with Gasteiger partial charge in [0.25, 0.3) is 17.3 Å². The topological polar surface area (TPSA) is 138 Å². The van der Waals surface area contributed by atoms with Crippen LogP contribution in [0.3, 0.4) is 0 Å². The molecule has 148 valence electrons. The highest BCUT2D eigenvalue weighted by atomic mass is 32.1. The van der Waals surface area contributed by atoms with E-state index in [1.807, 2.05) is 6.07 Å². The molecule has 2 aromatic carbocycles. The molecule has 0 aliphatic heterocycles. The number of nitro benzene ring substituents is 2. The Morgan fingerprint density at radius 1 is 1.14 bits per heavy atom. The van der Waals surface area contributed by atoms with E-state index < -0.39 is 27.1 Å². The van der Waals surface area contributed by atoms with Crippen molar-refractivity contribution in [3.05, 3.63) is 73.1 Å². The third-order valence-corrected chi connectivity index (χ3v) is 4.86. The van der Waals surface area contributed by atoms with Gasteiger partial charge in [0.15, 0.2) is 5.13 Å². The highest BCUT2D eigenvalue weighted by Gasteiger charge is 2.25. The number of benzene rings is 2. The molecule has 0 aliphatic carbocycles. The van der Waals surface area contributed by atoms with Gasteiger partial charge in [-0.15, -0.1) is 11.3 Å². The molecular formula is C18H14N4O6S. The number of amides is 1. The Morgan fingerprint density at radius 2 is 1.79 bits per heavy atom. The molecular weight excluding hydrogens is 400 g/mol. The minimum Gasteiger partial charge on any atom is -0.497 e. The van der Waals surface area contributed by atoms with Crippen LogP contribution in [-0.2, 0) is 0 Å². The number of aromatic nitrogens is 1. The molecule has 0 spiro atoms. The van der Waals surface area contributed by atoms with Crippen molar-refractivity contribution >= 4 is 33.8 Å². The number of anilines is 1. The molecule has 0 saturated heterocycles. The summed E-state index contributed by atoms with van der Waals surface area (Å²) in [6.45, 7) is 1.26. The van der Waals surface area contributed by atoms with Gasteiger partial charge < -0.3 is 4.74 Å². The van der Waals surface area contributed by atoms with Crippen LogP contribution < -0.4 is 10.1 Å². The Morgan fingerprint density at radius 3 is 2.38 bits per heavy atom. The predicted molar refractivity (Wildman–Crippen MR) is 107 cm³/mol. The first-order valence-electron chi connectivity index (χ1n) is 8.15. The lowest BCUT2D eigenvalue weighted by Gasteiger charge is -2.05. The van der Waals surface area contributed by atoms with Crippen LogP contribution in [0.1, 0.15) is 15.9 Å². The second kappa shape index (κ2) is 8.02. The monoisotopic (exact) mass is 414 g/mol. The molecule has 3 aromatic rings. The molecule has 1 aromatic heterocycles. The van der Waals surface area contributed by atoms with Gasteiger partial charge in [0.2, 0.25) is 0 Å². The fourth-order valence-corrected chi connectivity index (χ4v) is 3.32. The maximum atomic E-state index is 12.5. The number of nitro groups is 2. The Bertz CT molecular complexity index is 1090. The Kier molecular flexibility index (Phi) is 5.50. The maximum absolute atomic E-state index is 12.5. The van der Waals surface area contributed by atoms with E-state index in [9.17, 15) is 25.0 Å². The first-order chi connectivity index (χ1) is 13.8. The van der Waals surface area contributed by atoms with Crippen molar-refractivity contribution in [2.24, 2.45) is 0 Å². The van der Waals surface area contributed by atoms with E-state index in [1.165, 1.54) is 6.92 Å². The van der Waals surface area contributed by atoms with E-state index in [2.05, 4.69) is 10.3 Å². The van der Waals surface area contributed by atoms with Crippen molar-refractivity contribution < 1.29 is 19.4 Å². The van der Waals surface area contributed by atoms with E-state index in [0.717, 1.165) is 29.0 Å². The molecule has 11 heteroatoms. The van der Waals surface area contributed by atoms with E-state index in [1.54, 1.807) is 30.7 Å². The smallest absolute Gasteiger partial charge is 0.279 e. The van der Waals surface area contributed by atoms with Crippen molar-refractivity contribution in [3.63, 3.8) is 0 Å². The molecule has 0 unspecified atom stereocenters. The molecule has 29 heavy (non-hydrogen) atoms. The first-order valence-corrected chi connectivity index (χ1v) is 9.03. The van der Waals surface area contributed by atoms with Crippen LogP contribution in [0, 0.1) is 27.2 Å². The summed E-state index contributed by atoms with van der Waals surface area (Å²) in [5.41, 5.74) is 0.0622. The normalized spacial score (nSPS) is 10.4. The van der Waals surface area contributed by atoms with Gasteiger partial charge in [0.05, 0.1) is 28.2 Å². The van der Waals surface area contributed by atoms with Gasteiger partial charge in [-0.3, -0.25) is 30.3 Å². The van der Waals surface area contributed by atoms with E-state index in [0.29, 0.717) is 11.4 Å².